The maximum atomic E-state index is 6.04. The molecule has 1 heterocycles. The predicted octanol–water partition coefficient (Wildman–Crippen LogP) is 5.45. The number of nitrogens with zero attached hydrogens (tertiary/aromatic N) is 1. The van der Waals surface area contributed by atoms with Crippen molar-refractivity contribution in [1.29, 1.82) is 0 Å². The number of piperidine rings is 1. The van der Waals surface area contributed by atoms with E-state index in [4.69, 9.17) is 11.6 Å². The first-order chi connectivity index (χ1) is 13.7. The topological polar surface area (TPSA) is 15.3 Å². The third-order valence-electron chi connectivity index (χ3n) is 7.20. The molecule has 5 rings (SSSR count). The lowest BCUT2D eigenvalue weighted by Gasteiger charge is -2.35. The van der Waals surface area contributed by atoms with Crippen molar-refractivity contribution in [2.75, 3.05) is 26.2 Å². The van der Waals surface area contributed by atoms with E-state index < -0.39 is 0 Å². The van der Waals surface area contributed by atoms with Crippen LogP contribution in [-0.4, -0.2) is 37.1 Å². The molecule has 3 heteroatoms. The SMILES string of the molecule is Clc1ccc(C2CCN(CC3(CNC4CC4c4ccccc4)CC3)CC2)cc1. The molecule has 3 fully saturated rings. The van der Waals surface area contributed by atoms with Crippen LogP contribution >= 0.6 is 11.6 Å². The van der Waals surface area contributed by atoms with Gasteiger partial charge in [-0.1, -0.05) is 54.1 Å². The van der Waals surface area contributed by atoms with Gasteiger partial charge in [0, 0.05) is 30.1 Å². The summed E-state index contributed by atoms with van der Waals surface area (Å²) in [5, 5.41) is 4.74. The summed E-state index contributed by atoms with van der Waals surface area (Å²) in [6.07, 6.45) is 6.68. The van der Waals surface area contributed by atoms with Gasteiger partial charge in [0.15, 0.2) is 0 Å². The van der Waals surface area contributed by atoms with Gasteiger partial charge in [0.05, 0.1) is 0 Å². The molecule has 0 aromatic heterocycles. The molecule has 148 valence electrons. The van der Waals surface area contributed by atoms with Crippen molar-refractivity contribution >= 4 is 11.6 Å². The van der Waals surface area contributed by atoms with E-state index in [2.05, 4.69) is 52.7 Å². The van der Waals surface area contributed by atoms with Gasteiger partial charge in [-0.15, -0.1) is 0 Å². The lowest BCUT2D eigenvalue weighted by molar-refractivity contribution is 0.172. The lowest BCUT2D eigenvalue weighted by Crippen LogP contribution is -2.40. The van der Waals surface area contributed by atoms with Crippen molar-refractivity contribution in [2.24, 2.45) is 5.41 Å². The summed E-state index contributed by atoms with van der Waals surface area (Å²) in [5.74, 6) is 1.45. The third kappa shape index (κ3) is 4.30. The quantitative estimate of drug-likeness (QED) is 0.672. The van der Waals surface area contributed by atoms with Crippen molar-refractivity contribution in [3.05, 3.63) is 70.7 Å². The van der Waals surface area contributed by atoms with E-state index >= 15 is 0 Å². The van der Waals surface area contributed by atoms with Crippen LogP contribution in [0.2, 0.25) is 5.02 Å². The molecule has 2 aromatic carbocycles. The molecule has 2 aromatic rings. The van der Waals surface area contributed by atoms with Crippen LogP contribution in [0.3, 0.4) is 0 Å². The van der Waals surface area contributed by atoms with E-state index in [1.54, 1.807) is 0 Å². The number of benzene rings is 2. The van der Waals surface area contributed by atoms with E-state index in [1.807, 2.05) is 12.1 Å². The minimum absolute atomic E-state index is 0.553. The Morgan fingerprint density at radius 1 is 0.929 bits per heavy atom. The van der Waals surface area contributed by atoms with Crippen molar-refractivity contribution in [2.45, 2.75) is 50.0 Å². The molecule has 2 aliphatic carbocycles. The zero-order valence-electron chi connectivity index (χ0n) is 16.6. The highest BCUT2D eigenvalue weighted by Crippen LogP contribution is 2.48. The van der Waals surface area contributed by atoms with Crippen molar-refractivity contribution in [1.82, 2.24) is 10.2 Å². The molecule has 28 heavy (non-hydrogen) atoms. The molecule has 2 atom stereocenters. The Balaban J connectivity index is 1.07. The van der Waals surface area contributed by atoms with E-state index in [1.165, 1.54) is 69.4 Å². The largest absolute Gasteiger partial charge is 0.313 e. The van der Waals surface area contributed by atoms with Crippen LogP contribution in [0.4, 0.5) is 0 Å². The van der Waals surface area contributed by atoms with Crippen LogP contribution in [-0.2, 0) is 0 Å². The molecule has 1 aliphatic heterocycles. The first kappa shape index (κ1) is 18.7. The van der Waals surface area contributed by atoms with E-state index in [0.717, 1.165) is 10.9 Å². The second-order valence-electron chi connectivity index (χ2n) is 9.34. The van der Waals surface area contributed by atoms with Crippen molar-refractivity contribution < 1.29 is 0 Å². The predicted molar refractivity (Wildman–Crippen MR) is 117 cm³/mol. The van der Waals surface area contributed by atoms with E-state index in [-0.39, 0.29) is 0 Å². The number of nitrogens with one attached hydrogen (secondary N) is 1. The Bertz CT molecular complexity index is 776. The summed E-state index contributed by atoms with van der Waals surface area (Å²) in [6.45, 7) is 4.98. The second kappa shape index (κ2) is 7.82. The zero-order valence-corrected chi connectivity index (χ0v) is 17.4. The van der Waals surface area contributed by atoms with Gasteiger partial charge in [-0.2, -0.15) is 0 Å². The van der Waals surface area contributed by atoms with E-state index in [9.17, 15) is 0 Å². The fourth-order valence-electron chi connectivity index (χ4n) is 5.04. The van der Waals surface area contributed by atoms with Gasteiger partial charge in [-0.3, -0.25) is 0 Å². The average molecular weight is 395 g/mol. The number of hydrogen-bond acceptors (Lipinski definition) is 2. The first-order valence-electron chi connectivity index (χ1n) is 11.0. The van der Waals surface area contributed by atoms with Gasteiger partial charge in [-0.05, 0) is 79.8 Å². The zero-order chi connectivity index (χ0) is 19.0. The summed E-state index contributed by atoms with van der Waals surface area (Å²) in [5.41, 5.74) is 3.53. The summed E-state index contributed by atoms with van der Waals surface area (Å²) in [6, 6.07) is 20.2. The molecule has 2 unspecified atom stereocenters. The van der Waals surface area contributed by atoms with Crippen LogP contribution in [0.5, 0.6) is 0 Å². The first-order valence-corrected chi connectivity index (χ1v) is 11.3. The lowest BCUT2D eigenvalue weighted by atomic mass is 9.89. The summed E-state index contributed by atoms with van der Waals surface area (Å²) in [7, 11) is 0. The maximum absolute atomic E-state index is 6.04. The van der Waals surface area contributed by atoms with Crippen LogP contribution in [0, 0.1) is 5.41 Å². The molecular weight excluding hydrogens is 364 g/mol. The molecule has 0 spiro atoms. The van der Waals surface area contributed by atoms with Crippen molar-refractivity contribution in [3.8, 4) is 0 Å². The van der Waals surface area contributed by atoms with Gasteiger partial charge >= 0.3 is 0 Å². The fourth-order valence-corrected chi connectivity index (χ4v) is 5.16. The number of likely N-dealkylation sites (tertiary alicyclic amines) is 1. The highest BCUT2D eigenvalue weighted by Gasteiger charge is 2.46. The van der Waals surface area contributed by atoms with E-state index in [0.29, 0.717) is 17.4 Å². The molecular formula is C25H31ClN2. The van der Waals surface area contributed by atoms with Crippen LogP contribution in [0.1, 0.15) is 55.1 Å². The summed E-state index contributed by atoms with van der Waals surface area (Å²) in [4.78, 5) is 2.72. The molecule has 2 saturated carbocycles. The fraction of sp³-hybridized carbons (Fsp3) is 0.520. The Kier molecular flexibility index (Phi) is 5.21. The number of hydrogen-bond donors (Lipinski definition) is 1. The smallest absolute Gasteiger partial charge is 0.0406 e. The van der Waals surface area contributed by atoms with Crippen LogP contribution in [0.15, 0.2) is 54.6 Å². The summed E-state index contributed by atoms with van der Waals surface area (Å²) >= 11 is 6.04. The molecule has 1 saturated heterocycles. The standard InChI is InChI=1S/C25H31ClN2/c26-22-8-6-19(7-9-22)20-10-14-28(15-11-20)18-25(12-13-25)17-27-24-16-23(24)21-4-2-1-3-5-21/h1-9,20,23-24,27H,10-18H2. The van der Waals surface area contributed by atoms with Gasteiger partial charge in [0.1, 0.15) is 0 Å². The number of rotatable bonds is 7. The Morgan fingerprint density at radius 3 is 2.32 bits per heavy atom. The monoisotopic (exact) mass is 394 g/mol. The summed E-state index contributed by atoms with van der Waals surface area (Å²) < 4.78 is 0. The normalized spacial score (nSPS) is 26.9. The molecule has 1 N–H and O–H groups in total. The van der Waals surface area contributed by atoms with Gasteiger partial charge in [0.2, 0.25) is 0 Å². The highest BCUT2D eigenvalue weighted by molar-refractivity contribution is 6.30. The Labute approximate surface area is 174 Å². The minimum Gasteiger partial charge on any atom is -0.313 e. The van der Waals surface area contributed by atoms with Crippen LogP contribution < -0.4 is 5.32 Å². The molecule has 2 nitrogen and oxygen atoms in total. The second-order valence-corrected chi connectivity index (χ2v) is 9.78. The molecule has 3 aliphatic rings. The van der Waals surface area contributed by atoms with Gasteiger partial charge in [0.25, 0.3) is 0 Å². The maximum Gasteiger partial charge on any atom is 0.0406 e. The Morgan fingerprint density at radius 2 is 1.64 bits per heavy atom. The van der Waals surface area contributed by atoms with Crippen LogP contribution in [0.25, 0.3) is 0 Å². The number of halogens is 1. The molecule has 0 amide bonds. The molecule has 0 bridgehead atoms. The highest BCUT2D eigenvalue weighted by atomic mass is 35.5. The average Bonchev–Trinajstić information content (AvgIpc) is 3.65. The van der Waals surface area contributed by atoms with Gasteiger partial charge < -0.3 is 10.2 Å². The van der Waals surface area contributed by atoms with Crippen molar-refractivity contribution in [3.63, 3.8) is 0 Å². The third-order valence-corrected chi connectivity index (χ3v) is 7.45. The molecule has 0 radical (unpaired) electrons. The van der Waals surface area contributed by atoms with Gasteiger partial charge in [-0.25, -0.2) is 0 Å². The minimum atomic E-state index is 0.553. The Hall–Kier alpha value is -1.35.